The third-order valence-electron chi connectivity index (χ3n) is 4.36. The van der Waals surface area contributed by atoms with Crippen LogP contribution in [0.15, 0.2) is 76.4 Å². The van der Waals surface area contributed by atoms with Crippen LogP contribution in [0.4, 0.5) is 18.9 Å². The van der Waals surface area contributed by atoms with Crippen molar-refractivity contribution in [2.45, 2.75) is 12.7 Å². The number of furan rings is 1. The first kappa shape index (κ1) is 25.0. The van der Waals surface area contributed by atoms with Crippen molar-refractivity contribution in [3.05, 3.63) is 83.8 Å². The van der Waals surface area contributed by atoms with Crippen molar-refractivity contribution in [1.29, 1.82) is 0 Å². The lowest BCUT2D eigenvalue weighted by Crippen LogP contribution is -2.37. The molecule has 12 heteroatoms. The van der Waals surface area contributed by atoms with Gasteiger partial charge in [-0.15, -0.1) is 0 Å². The maximum Gasteiger partial charge on any atom is 0.418 e. The number of amides is 3. The van der Waals surface area contributed by atoms with Gasteiger partial charge in [-0.3, -0.25) is 14.4 Å². The molecule has 0 spiro atoms. The average Bonchev–Trinajstić information content (AvgIpc) is 3.35. The van der Waals surface area contributed by atoms with E-state index in [2.05, 4.69) is 21.2 Å². The summed E-state index contributed by atoms with van der Waals surface area (Å²) < 4.78 is 49.7. The molecular formula is C23H19F3N4O5. The number of hydrogen-bond acceptors (Lipinski definition) is 6. The topological polar surface area (TPSA) is 122 Å². The molecule has 0 aliphatic rings. The van der Waals surface area contributed by atoms with Gasteiger partial charge in [-0.05, 0) is 36.4 Å². The van der Waals surface area contributed by atoms with Gasteiger partial charge in [0.05, 0.1) is 30.3 Å². The van der Waals surface area contributed by atoms with E-state index in [0.717, 1.165) is 12.1 Å². The third kappa shape index (κ3) is 7.45. The molecule has 3 amide bonds. The van der Waals surface area contributed by atoms with Crippen molar-refractivity contribution in [2.75, 3.05) is 11.9 Å². The SMILES string of the molecule is O=C(COc1ccccc1/C=N\NC(=O)C(=O)NCc1ccco1)Nc1ccccc1C(F)(F)F. The van der Waals surface area contributed by atoms with Gasteiger partial charge in [-0.1, -0.05) is 24.3 Å². The van der Waals surface area contributed by atoms with Gasteiger partial charge in [-0.25, -0.2) is 5.43 Å². The Morgan fingerprint density at radius 2 is 1.71 bits per heavy atom. The number of nitrogens with one attached hydrogen (secondary N) is 3. The molecule has 0 fully saturated rings. The van der Waals surface area contributed by atoms with Gasteiger partial charge >= 0.3 is 18.0 Å². The van der Waals surface area contributed by atoms with Crippen LogP contribution >= 0.6 is 0 Å². The summed E-state index contributed by atoms with van der Waals surface area (Å²) in [6.45, 7) is -0.562. The molecule has 0 radical (unpaired) electrons. The van der Waals surface area contributed by atoms with Crippen molar-refractivity contribution >= 4 is 29.6 Å². The Hall–Kier alpha value is -4.61. The Morgan fingerprint density at radius 3 is 2.46 bits per heavy atom. The summed E-state index contributed by atoms with van der Waals surface area (Å²) in [4.78, 5) is 35.8. The highest BCUT2D eigenvalue weighted by Gasteiger charge is 2.33. The molecule has 0 bridgehead atoms. The van der Waals surface area contributed by atoms with Crippen LogP contribution in [0.2, 0.25) is 0 Å². The zero-order chi connectivity index (χ0) is 25.3. The Balaban J connectivity index is 1.53. The molecule has 0 atom stereocenters. The predicted molar refractivity (Wildman–Crippen MR) is 118 cm³/mol. The van der Waals surface area contributed by atoms with Gasteiger partial charge in [0.2, 0.25) is 0 Å². The van der Waals surface area contributed by atoms with E-state index in [-0.39, 0.29) is 12.3 Å². The number of rotatable bonds is 8. The van der Waals surface area contributed by atoms with Gasteiger partial charge in [-0.2, -0.15) is 18.3 Å². The van der Waals surface area contributed by atoms with E-state index in [0.29, 0.717) is 11.3 Å². The van der Waals surface area contributed by atoms with E-state index in [1.54, 1.807) is 30.3 Å². The van der Waals surface area contributed by atoms with Crippen LogP contribution < -0.4 is 20.8 Å². The molecule has 2 aromatic carbocycles. The van der Waals surface area contributed by atoms with E-state index < -0.39 is 41.8 Å². The summed E-state index contributed by atoms with van der Waals surface area (Å²) in [7, 11) is 0. The number of para-hydroxylation sites is 2. The minimum atomic E-state index is -4.63. The third-order valence-corrected chi connectivity index (χ3v) is 4.36. The molecule has 182 valence electrons. The summed E-state index contributed by atoms with van der Waals surface area (Å²) in [5.74, 6) is -2.12. The first-order valence-corrected chi connectivity index (χ1v) is 10.1. The Bertz CT molecular complexity index is 1210. The zero-order valence-corrected chi connectivity index (χ0v) is 18.0. The Morgan fingerprint density at radius 1 is 0.971 bits per heavy atom. The smallest absolute Gasteiger partial charge is 0.418 e. The molecule has 3 N–H and O–H groups in total. The molecule has 1 aromatic heterocycles. The Labute approximate surface area is 197 Å². The number of halogens is 3. The lowest BCUT2D eigenvalue weighted by molar-refractivity contribution is -0.139. The summed E-state index contributed by atoms with van der Waals surface area (Å²) in [6, 6.07) is 14.1. The fourth-order valence-corrected chi connectivity index (χ4v) is 2.76. The monoisotopic (exact) mass is 488 g/mol. The molecule has 1 heterocycles. The summed E-state index contributed by atoms with van der Waals surface area (Å²) in [6.07, 6.45) is -2.02. The molecule has 9 nitrogen and oxygen atoms in total. The number of anilines is 1. The molecule has 0 saturated carbocycles. The molecular weight excluding hydrogens is 469 g/mol. The predicted octanol–water partition coefficient (Wildman–Crippen LogP) is 3.08. The van der Waals surface area contributed by atoms with Crippen LogP contribution in [-0.2, 0) is 27.1 Å². The number of alkyl halides is 3. The molecule has 0 aliphatic carbocycles. The normalized spacial score (nSPS) is 11.2. The maximum atomic E-state index is 13.1. The van der Waals surface area contributed by atoms with Crippen molar-refractivity contribution in [3.63, 3.8) is 0 Å². The van der Waals surface area contributed by atoms with Gasteiger partial charge in [0, 0.05) is 5.56 Å². The van der Waals surface area contributed by atoms with E-state index >= 15 is 0 Å². The van der Waals surface area contributed by atoms with Crippen LogP contribution in [0.5, 0.6) is 5.75 Å². The van der Waals surface area contributed by atoms with Gasteiger partial charge in [0.1, 0.15) is 11.5 Å². The van der Waals surface area contributed by atoms with Crippen molar-refractivity contribution in [2.24, 2.45) is 5.10 Å². The van der Waals surface area contributed by atoms with E-state index in [1.807, 2.05) is 0 Å². The largest absolute Gasteiger partial charge is 0.483 e. The van der Waals surface area contributed by atoms with Crippen LogP contribution in [0, 0.1) is 0 Å². The number of hydrogen-bond donors (Lipinski definition) is 3. The highest BCUT2D eigenvalue weighted by molar-refractivity contribution is 6.35. The van der Waals surface area contributed by atoms with Crippen molar-refractivity contribution < 1.29 is 36.7 Å². The lowest BCUT2D eigenvalue weighted by Gasteiger charge is -2.14. The van der Waals surface area contributed by atoms with Crippen LogP contribution in [-0.4, -0.2) is 30.5 Å². The first-order valence-electron chi connectivity index (χ1n) is 10.1. The maximum absolute atomic E-state index is 13.1. The minimum absolute atomic E-state index is 0.0230. The zero-order valence-electron chi connectivity index (χ0n) is 18.0. The number of benzene rings is 2. The summed E-state index contributed by atoms with van der Waals surface area (Å²) >= 11 is 0. The molecule has 35 heavy (non-hydrogen) atoms. The average molecular weight is 488 g/mol. The lowest BCUT2D eigenvalue weighted by atomic mass is 10.1. The highest BCUT2D eigenvalue weighted by Crippen LogP contribution is 2.34. The standard InChI is InChI=1S/C23H19F3N4O5/c24-23(25,26)17-8-2-3-9-18(17)29-20(31)14-35-19-10-4-1-6-15(19)12-28-30-22(33)21(32)27-13-16-7-5-11-34-16/h1-12H,13-14H2,(H,27,32)(H,29,31)(H,30,33)/b28-12-. The minimum Gasteiger partial charge on any atom is -0.483 e. The highest BCUT2D eigenvalue weighted by atomic mass is 19.4. The second-order valence-corrected chi connectivity index (χ2v) is 6.88. The Kier molecular flexibility index (Phi) is 8.22. The second-order valence-electron chi connectivity index (χ2n) is 6.88. The van der Waals surface area contributed by atoms with Crippen LogP contribution in [0.1, 0.15) is 16.9 Å². The second kappa shape index (κ2) is 11.5. The van der Waals surface area contributed by atoms with Gasteiger partial charge in [0.15, 0.2) is 6.61 Å². The summed E-state index contributed by atoms with van der Waals surface area (Å²) in [5.41, 5.74) is 1.02. The molecule has 3 aromatic rings. The van der Waals surface area contributed by atoms with Crippen molar-refractivity contribution in [1.82, 2.24) is 10.7 Å². The number of ether oxygens (including phenoxy) is 1. The molecule has 0 aliphatic heterocycles. The van der Waals surface area contributed by atoms with E-state index in [9.17, 15) is 27.6 Å². The number of nitrogens with zero attached hydrogens (tertiary/aromatic N) is 1. The van der Waals surface area contributed by atoms with Crippen molar-refractivity contribution in [3.8, 4) is 5.75 Å². The number of hydrazone groups is 1. The first-order chi connectivity index (χ1) is 16.7. The quantitative estimate of drug-likeness (QED) is 0.256. The number of carbonyl (C=O) groups excluding carboxylic acids is 3. The fourth-order valence-electron chi connectivity index (χ4n) is 2.76. The molecule has 0 unspecified atom stereocenters. The van der Waals surface area contributed by atoms with Gasteiger partial charge in [0.25, 0.3) is 5.91 Å². The van der Waals surface area contributed by atoms with E-state index in [1.165, 1.54) is 30.7 Å². The van der Waals surface area contributed by atoms with E-state index in [4.69, 9.17) is 9.15 Å². The summed E-state index contributed by atoms with van der Waals surface area (Å²) in [5, 5.41) is 8.21. The number of carbonyl (C=O) groups is 3. The van der Waals surface area contributed by atoms with Crippen LogP contribution in [0.3, 0.4) is 0 Å². The van der Waals surface area contributed by atoms with Gasteiger partial charge < -0.3 is 19.8 Å². The molecule has 3 rings (SSSR count). The van der Waals surface area contributed by atoms with Crippen LogP contribution in [0.25, 0.3) is 0 Å². The fraction of sp³-hybridized carbons (Fsp3) is 0.130. The molecule has 0 saturated heterocycles.